The van der Waals surface area contributed by atoms with Crippen LogP contribution in [-0.4, -0.2) is 82.3 Å². The molecule has 2 aromatic carbocycles. The van der Waals surface area contributed by atoms with Gasteiger partial charge in [-0.05, 0) is 59.7 Å². The highest BCUT2D eigenvalue weighted by atomic mass is 16.5. The van der Waals surface area contributed by atoms with E-state index in [-0.39, 0.29) is 24.3 Å². The quantitative estimate of drug-likeness (QED) is 0.140. The summed E-state index contributed by atoms with van der Waals surface area (Å²) in [4.78, 5) is 62.1. The predicted molar refractivity (Wildman–Crippen MR) is 142 cm³/mol. The second kappa shape index (κ2) is 12.5. The first-order valence-electron chi connectivity index (χ1n) is 12.7. The maximum Gasteiger partial charge on any atom is 0.491 e. The molecule has 0 bridgehead atoms. The second-order valence-corrected chi connectivity index (χ2v) is 9.70. The molecule has 0 saturated carbocycles. The van der Waals surface area contributed by atoms with Gasteiger partial charge in [0.15, 0.2) is 0 Å². The zero-order valence-corrected chi connectivity index (χ0v) is 21.8. The standard InChI is InChI=1S/C25H27B2N3O11/c1-12(28-22(33)13-2-4-15-10-40-26(38)17(15)8-13)21(24(35)29-19(25(36)37)6-7-20(31)32)30-23(34)14-3-5-16-11-41-27(39)18(16)9-14/h2-5,8-9,12,19,21,38-39H,6-7,10-11H2,1H3,(H,28,33)(H,29,35)(H,30,34)(H,31,32)(H,36,37). The lowest BCUT2D eigenvalue weighted by atomic mass is 9.78. The maximum atomic E-state index is 13.3. The number of hydrogen-bond donors (Lipinski definition) is 7. The first-order chi connectivity index (χ1) is 19.4. The number of fused-ring (bicyclic) bond motifs is 2. The summed E-state index contributed by atoms with van der Waals surface area (Å²) in [5.41, 5.74) is 2.39. The van der Waals surface area contributed by atoms with Crippen molar-refractivity contribution >= 4 is 54.8 Å². The summed E-state index contributed by atoms with van der Waals surface area (Å²) in [6.07, 6.45) is -0.950. The highest BCUT2D eigenvalue weighted by Crippen LogP contribution is 2.14. The number of benzene rings is 2. The minimum Gasteiger partial charge on any atom is -0.481 e. The zero-order valence-electron chi connectivity index (χ0n) is 21.8. The average Bonchev–Trinajstić information content (AvgIpc) is 3.50. The number of hydrogen-bond acceptors (Lipinski definition) is 9. The number of carboxylic acids is 2. The minimum absolute atomic E-state index is 0.0675. The largest absolute Gasteiger partial charge is 0.491 e. The number of nitrogens with one attached hydrogen (secondary N) is 3. The van der Waals surface area contributed by atoms with E-state index < -0.39 is 74.9 Å². The number of amides is 3. The van der Waals surface area contributed by atoms with Crippen molar-refractivity contribution in [3.8, 4) is 0 Å². The summed E-state index contributed by atoms with van der Waals surface area (Å²) >= 11 is 0. The number of aliphatic carboxylic acids is 2. The average molecular weight is 567 g/mol. The molecule has 2 aromatic rings. The van der Waals surface area contributed by atoms with E-state index in [2.05, 4.69) is 16.0 Å². The van der Waals surface area contributed by atoms with Crippen LogP contribution in [0.25, 0.3) is 0 Å². The smallest absolute Gasteiger partial charge is 0.481 e. The van der Waals surface area contributed by atoms with Gasteiger partial charge in [-0.3, -0.25) is 19.2 Å². The van der Waals surface area contributed by atoms with E-state index >= 15 is 0 Å². The molecule has 0 aromatic heterocycles. The molecule has 41 heavy (non-hydrogen) atoms. The van der Waals surface area contributed by atoms with Gasteiger partial charge in [-0.1, -0.05) is 12.1 Å². The highest BCUT2D eigenvalue weighted by Gasteiger charge is 2.34. The van der Waals surface area contributed by atoms with Gasteiger partial charge in [0.2, 0.25) is 5.91 Å². The third-order valence-electron chi connectivity index (χ3n) is 6.83. The molecule has 0 spiro atoms. The number of rotatable bonds is 11. The summed E-state index contributed by atoms with van der Waals surface area (Å²) in [7, 11) is -2.42. The van der Waals surface area contributed by atoms with Crippen molar-refractivity contribution < 1.29 is 53.5 Å². The van der Waals surface area contributed by atoms with E-state index in [1.54, 1.807) is 12.1 Å². The predicted octanol–water partition coefficient (Wildman–Crippen LogP) is -2.53. The highest BCUT2D eigenvalue weighted by molar-refractivity contribution is 6.62. The molecule has 0 radical (unpaired) electrons. The Hall–Kier alpha value is -4.24. The molecule has 214 valence electrons. The van der Waals surface area contributed by atoms with Crippen LogP contribution in [0.5, 0.6) is 0 Å². The topological polar surface area (TPSA) is 221 Å². The van der Waals surface area contributed by atoms with Crippen LogP contribution >= 0.6 is 0 Å². The van der Waals surface area contributed by atoms with Gasteiger partial charge >= 0.3 is 26.2 Å². The second-order valence-electron chi connectivity index (χ2n) is 9.70. The Balaban J connectivity index is 1.55. The van der Waals surface area contributed by atoms with Crippen LogP contribution in [0.3, 0.4) is 0 Å². The number of carboxylic acid groups (broad SMARTS) is 2. The molecular weight excluding hydrogens is 540 g/mol. The minimum atomic E-state index is -1.58. The van der Waals surface area contributed by atoms with E-state index in [9.17, 15) is 39.1 Å². The van der Waals surface area contributed by atoms with Gasteiger partial charge < -0.3 is 45.5 Å². The molecule has 3 atom stereocenters. The SMILES string of the molecule is CC(NC(=O)c1ccc2c(c1)B(O)OC2)C(NC(=O)c1ccc2c(c1)B(O)OC2)C(=O)NC(CCC(=O)O)C(=O)O. The zero-order chi connectivity index (χ0) is 29.8. The molecule has 0 saturated heterocycles. The molecule has 2 heterocycles. The van der Waals surface area contributed by atoms with Crippen LogP contribution in [0.15, 0.2) is 36.4 Å². The van der Waals surface area contributed by atoms with Gasteiger partial charge in [-0.2, -0.15) is 0 Å². The number of carbonyl (C=O) groups excluding carboxylic acids is 3. The Morgan fingerprint density at radius 3 is 1.83 bits per heavy atom. The van der Waals surface area contributed by atoms with Gasteiger partial charge in [-0.25, -0.2) is 4.79 Å². The summed E-state index contributed by atoms with van der Waals surface area (Å²) < 4.78 is 10.3. The van der Waals surface area contributed by atoms with Gasteiger partial charge in [0.25, 0.3) is 11.8 Å². The van der Waals surface area contributed by atoms with Crippen LogP contribution in [0.1, 0.15) is 51.6 Å². The van der Waals surface area contributed by atoms with E-state index in [4.69, 9.17) is 14.4 Å². The van der Waals surface area contributed by atoms with Crippen molar-refractivity contribution in [2.24, 2.45) is 0 Å². The third-order valence-corrected chi connectivity index (χ3v) is 6.83. The first-order valence-corrected chi connectivity index (χ1v) is 12.7. The summed E-state index contributed by atoms with van der Waals surface area (Å²) in [6, 6.07) is 4.81. The summed E-state index contributed by atoms with van der Waals surface area (Å²) in [6.45, 7) is 1.76. The normalized spacial score (nSPS) is 15.8. The molecule has 14 nitrogen and oxygen atoms in total. The van der Waals surface area contributed by atoms with Gasteiger partial charge in [0, 0.05) is 17.5 Å². The molecule has 7 N–H and O–H groups in total. The van der Waals surface area contributed by atoms with Crippen LogP contribution in [0.2, 0.25) is 0 Å². The number of carbonyl (C=O) groups is 5. The Morgan fingerprint density at radius 2 is 1.34 bits per heavy atom. The van der Waals surface area contributed by atoms with Crippen LogP contribution in [0, 0.1) is 0 Å². The molecule has 4 rings (SSSR count). The van der Waals surface area contributed by atoms with Crippen LogP contribution in [-0.2, 0) is 36.9 Å². The molecule has 3 unspecified atom stereocenters. The molecular formula is C25H27B2N3O11. The lowest BCUT2D eigenvalue weighted by molar-refractivity contribution is -0.143. The fourth-order valence-corrected chi connectivity index (χ4v) is 4.51. The van der Waals surface area contributed by atoms with Crippen molar-refractivity contribution in [1.82, 2.24) is 16.0 Å². The van der Waals surface area contributed by atoms with E-state index in [0.717, 1.165) is 0 Å². The fraction of sp³-hybridized carbons (Fsp3) is 0.320. The van der Waals surface area contributed by atoms with E-state index in [1.165, 1.54) is 31.2 Å². The Morgan fingerprint density at radius 1 is 0.829 bits per heavy atom. The van der Waals surface area contributed by atoms with Gasteiger partial charge in [0.05, 0.1) is 19.3 Å². The fourth-order valence-electron chi connectivity index (χ4n) is 4.51. The van der Waals surface area contributed by atoms with Gasteiger partial charge in [0.1, 0.15) is 12.1 Å². The monoisotopic (exact) mass is 567 g/mol. The van der Waals surface area contributed by atoms with Crippen molar-refractivity contribution in [2.45, 2.75) is 51.1 Å². The Bertz CT molecular complexity index is 1390. The Labute approximate surface area is 234 Å². The van der Waals surface area contributed by atoms with Gasteiger partial charge in [-0.15, -0.1) is 0 Å². The lowest BCUT2D eigenvalue weighted by Crippen LogP contribution is -2.59. The third kappa shape index (κ3) is 6.92. The summed E-state index contributed by atoms with van der Waals surface area (Å²) in [5, 5.41) is 45.7. The molecule has 0 fully saturated rings. The van der Waals surface area contributed by atoms with Crippen LogP contribution in [0.4, 0.5) is 0 Å². The molecule has 16 heteroatoms. The lowest BCUT2D eigenvalue weighted by Gasteiger charge is -2.27. The first kappa shape index (κ1) is 29.7. The van der Waals surface area contributed by atoms with Crippen molar-refractivity contribution in [3.63, 3.8) is 0 Å². The molecule has 3 amide bonds. The molecule has 2 aliphatic rings. The summed E-state index contributed by atoms with van der Waals surface area (Å²) in [5.74, 6) is -5.13. The molecule has 0 aliphatic carbocycles. The van der Waals surface area contributed by atoms with E-state index in [0.29, 0.717) is 22.1 Å². The van der Waals surface area contributed by atoms with Crippen molar-refractivity contribution in [2.75, 3.05) is 0 Å². The van der Waals surface area contributed by atoms with Crippen molar-refractivity contribution in [1.29, 1.82) is 0 Å². The molecule has 2 aliphatic heterocycles. The van der Waals surface area contributed by atoms with Crippen LogP contribution < -0.4 is 26.9 Å². The van der Waals surface area contributed by atoms with E-state index in [1.807, 2.05) is 0 Å². The Kier molecular flexibility index (Phi) is 9.08. The maximum absolute atomic E-state index is 13.3. The van der Waals surface area contributed by atoms with Crippen molar-refractivity contribution in [3.05, 3.63) is 58.7 Å².